The predicted octanol–water partition coefficient (Wildman–Crippen LogP) is 2.82. The fourth-order valence-corrected chi connectivity index (χ4v) is 2.22. The molecule has 2 heterocycles. The molecule has 3 aromatic rings. The zero-order valence-electron chi connectivity index (χ0n) is 11.2. The van der Waals surface area contributed by atoms with Gasteiger partial charge >= 0.3 is 5.97 Å². The molecule has 106 valence electrons. The van der Waals surface area contributed by atoms with E-state index in [9.17, 15) is 4.79 Å². The summed E-state index contributed by atoms with van der Waals surface area (Å²) in [6, 6.07) is 11.5. The van der Waals surface area contributed by atoms with Gasteiger partial charge in [0.15, 0.2) is 0 Å². The van der Waals surface area contributed by atoms with E-state index in [1.807, 2.05) is 30.3 Å². The minimum atomic E-state index is -0.983. The van der Waals surface area contributed by atoms with Crippen molar-refractivity contribution >= 4 is 16.9 Å². The van der Waals surface area contributed by atoms with Crippen molar-refractivity contribution in [1.82, 2.24) is 10.3 Å². The monoisotopic (exact) mass is 282 g/mol. The van der Waals surface area contributed by atoms with Crippen molar-refractivity contribution in [2.45, 2.75) is 13.1 Å². The van der Waals surface area contributed by atoms with Crippen LogP contribution in [-0.2, 0) is 13.1 Å². The van der Waals surface area contributed by atoms with Crippen LogP contribution in [0.4, 0.5) is 0 Å². The minimum absolute atomic E-state index is 0.165. The maximum Gasteiger partial charge on any atom is 0.338 e. The van der Waals surface area contributed by atoms with E-state index >= 15 is 0 Å². The highest BCUT2D eigenvalue weighted by Crippen LogP contribution is 2.16. The number of aromatic nitrogens is 1. The van der Waals surface area contributed by atoms with E-state index in [0.29, 0.717) is 18.8 Å². The van der Waals surface area contributed by atoms with Crippen molar-refractivity contribution in [3.05, 3.63) is 65.7 Å². The van der Waals surface area contributed by atoms with Gasteiger partial charge in [-0.05, 0) is 17.7 Å². The summed E-state index contributed by atoms with van der Waals surface area (Å²) in [7, 11) is 0. The van der Waals surface area contributed by atoms with Gasteiger partial charge in [0.25, 0.3) is 0 Å². The summed E-state index contributed by atoms with van der Waals surface area (Å²) in [5.74, 6) is -0.385. The first-order valence-electron chi connectivity index (χ1n) is 6.58. The number of carboxylic acids is 1. The molecular weight excluding hydrogens is 268 g/mol. The lowest BCUT2D eigenvalue weighted by Crippen LogP contribution is -2.12. The number of rotatable bonds is 5. The quantitative estimate of drug-likeness (QED) is 0.752. The number of carbonyl (C=O) groups is 1. The number of nitrogens with zero attached hydrogens (tertiary/aromatic N) is 1. The maximum atomic E-state index is 10.8. The molecule has 21 heavy (non-hydrogen) atoms. The van der Waals surface area contributed by atoms with E-state index in [1.54, 1.807) is 6.20 Å². The normalized spacial score (nSPS) is 10.9. The second-order valence-electron chi connectivity index (χ2n) is 4.70. The van der Waals surface area contributed by atoms with Crippen molar-refractivity contribution in [2.24, 2.45) is 0 Å². The molecule has 0 spiro atoms. The van der Waals surface area contributed by atoms with E-state index in [0.717, 1.165) is 16.5 Å². The summed E-state index contributed by atoms with van der Waals surface area (Å²) in [5.41, 5.74) is 2.23. The summed E-state index contributed by atoms with van der Waals surface area (Å²) in [6.07, 6.45) is 3.02. The van der Waals surface area contributed by atoms with E-state index < -0.39 is 5.97 Å². The van der Waals surface area contributed by atoms with Crippen LogP contribution in [0.25, 0.3) is 10.9 Å². The Morgan fingerprint density at radius 3 is 2.90 bits per heavy atom. The second kappa shape index (κ2) is 5.76. The van der Waals surface area contributed by atoms with Crippen LogP contribution in [0.3, 0.4) is 0 Å². The number of aromatic carboxylic acids is 1. The summed E-state index contributed by atoms with van der Waals surface area (Å²) in [4.78, 5) is 15.2. The minimum Gasteiger partial charge on any atom is -0.478 e. The fourth-order valence-electron chi connectivity index (χ4n) is 2.22. The van der Waals surface area contributed by atoms with Crippen molar-refractivity contribution in [1.29, 1.82) is 0 Å². The number of hydrogen-bond acceptors (Lipinski definition) is 4. The van der Waals surface area contributed by atoms with Crippen LogP contribution in [0.2, 0.25) is 0 Å². The van der Waals surface area contributed by atoms with Crippen LogP contribution in [0.1, 0.15) is 21.7 Å². The smallest absolute Gasteiger partial charge is 0.338 e. The molecule has 0 aliphatic heterocycles. The van der Waals surface area contributed by atoms with Gasteiger partial charge in [0.05, 0.1) is 17.6 Å². The third kappa shape index (κ3) is 2.93. The van der Waals surface area contributed by atoms with Crippen LogP contribution in [0.15, 0.2) is 53.3 Å². The third-order valence-corrected chi connectivity index (χ3v) is 3.23. The molecule has 5 heteroatoms. The van der Waals surface area contributed by atoms with Crippen molar-refractivity contribution < 1.29 is 14.3 Å². The van der Waals surface area contributed by atoms with Gasteiger partial charge in [-0.15, -0.1) is 0 Å². The standard InChI is InChI=1S/C16H14N2O3/c19-16(20)13-7-14(21-10-13)9-17-8-12-4-1-3-11-5-2-6-18-15(11)12/h1-7,10,17H,8-9H2,(H,19,20). The molecule has 2 aromatic heterocycles. The molecule has 1 aromatic carbocycles. The first-order chi connectivity index (χ1) is 10.2. The molecular formula is C16H14N2O3. The number of fused-ring (bicyclic) bond motifs is 1. The molecule has 0 amide bonds. The Morgan fingerprint density at radius 2 is 2.10 bits per heavy atom. The lowest BCUT2D eigenvalue weighted by molar-refractivity contribution is 0.0696. The molecule has 5 nitrogen and oxygen atoms in total. The maximum absolute atomic E-state index is 10.8. The first kappa shape index (κ1) is 13.3. The molecule has 0 aliphatic carbocycles. The largest absolute Gasteiger partial charge is 0.478 e. The Morgan fingerprint density at radius 1 is 1.24 bits per heavy atom. The lowest BCUT2D eigenvalue weighted by Gasteiger charge is -2.06. The molecule has 0 saturated heterocycles. The van der Waals surface area contributed by atoms with Crippen LogP contribution < -0.4 is 5.32 Å². The fraction of sp³-hybridized carbons (Fsp3) is 0.125. The van der Waals surface area contributed by atoms with Gasteiger partial charge in [0.2, 0.25) is 0 Å². The highest BCUT2D eigenvalue weighted by atomic mass is 16.4. The predicted molar refractivity (Wildman–Crippen MR) is 78.0 cm³/mol. The average Bonchev–Trinajstić information content (AvgIpc) is 2.97. The van der Waals surface area contributed by atoms with Crippen molar-refractivity contribution in [3.63, 3.8) is 0 Å². The molecule has 3 rings (SSSR count). The molecule has 0 radical (unpaired) electrons. The number of pyridine rings is 1. The Labute approximate surface area is 121 Å². The third-order valence-electron chi connectivity index (χ3n) is 3.23. The SMILES string of the molecule is O=C(O)c1coc(CNCc2cccc3cccnc23)c1. The van der Waals surface area contributed by atoms with Gasteiger partial charge in [0, 0.05) is 18.1 Å². The van der Waals surface area contributed by atoms with E-state index in [-0.39, 0.29) is 5.56 Å². The highest BCUT2D eigenvalue weighted by Gasteiger charge is 2.08. The van der Waals surface area contributed by atoms with Gasteiger partial charge in [-0.1, -0.05) is 24.3 Å². The summed E-state index contributed by atoms with van der Waals surface area (Å²) in [5, 5.41) is 13.2. The number of furan rings is 1. The molecule has 2 N–H and O–H groups in total. The molecule has 0 fully saturated rings. The van der Waals surface area contributed by atoms with Gasteiger partial charge in [-0.2, -0.15) is 0 Å². The number of carboxylic acid groups (broad SMARTS) is 1. The van der Waals surface area contributed by atoms with Gasteiger partial charge in [0.1, 0.15) is 12.0 Å². The Balaban J connectivity index is 1.68. The topological polar surface area (TPSA) is 75.4 Å². The summed E-state index contributed by atoms with van der Waals surface area (Å²) < 4.78 is 5.19. The van der Waals surface area contributed by atoms with Gasteiger partial charge < -0.3 is 14.8 Å². The van der Waals surface area contributed by atoms with E-state index in [1.165, 1.54) is 12.3 Å². The average molecular weight is 282 g/mol. The zero-order chi connectivity index (χ0) is 14.7. The molecule has 0 unspecified atom stereocenters. The molecule has 0 saturated carbocycles. The zero-order valence-corrected chi connectivity index (χ0v) is 11.2. The van der Waals surface area contributed by atoms with Crippen LogP contribution in [-0.4, -0.2) is 16.1 Å². The number of hydrogen-bond donors (Lipinski definition) is 2. The number of nitrogens with one attached hydrogen (secondary N) is 1. The van der Waals surface area contributed by atoms with Gasteiger partial charge in [-0.25, -0.2) is 4.79 Å². The van der Waals surface area contributed by atoms with Crippen LogP contribution in [0.5, 0.6) is 0 Å². The molecule has 0 atom stereocenters. The Hall–Kier alpha value is -2.66. The highest BCUT2D eigenvalue weighted by molar-refractivity contribution is 5.87. The van der Waals surface area contributed by atoms with Crippen LogP contribution >= 0.6 is 0 Å². The van der Waals surface area contributed by atoms with Crippen LogP contribution in [0, 0.1) is 0 Å². The summed E-state index contributed by atoms with van der Waals surface area (Å²) >= 11 is 0. The van der Waals surface area contributed by atoms with Crippen molar-refractivity contribution in [2.75, 3.05) is 0 Å². The second-order valence-corrected chi connectivity index (χ2v) is 4.70. The lowest BCUT2D eigenvalue weighted by atomic mass is 10.1. The van der Waals surface area contributed by atoms with Gasteiger partial charge in [-0.3, -0.25) is 4.98 Å². The Bertz CT molecular complexity index is 775. The van der Waals surface area contributed by atoms with Crippen molar-refractivity contribution in [3.8, 4) is 0 Å². The Kier molecular flexibility index (Phi) is 3.66. The van der Waals surface area contributed by atoms with E-state index in [4.69, 9.17) is 9.52 Å². The molecule has 0 aliphatic rings. The summed E-state index contributed by atoms with van der Waals surface area (Å²) in [6.45, 7) is 1.11. The number of para-hydroxylation sites is 1. The number of benzene rings is 1. The van der Waals surface area contributed by atoms with E-state index in [2.05, 4.69) is 10.3 Å². The molecule has 0 bridgehead atoms. The first-order valence-corrected chi connectivity index (χ1v) is 6.58.